The van der Waals surface area contributed by atoms with E-state index in [9.17, 15) is 5.26 Å². The highest BCUT2D eigenvalue weighted by Gasteiger charge is 2.40. The van der Waals surface area contributed by atoms with Crippen LogP contribution in [0.5, 0.6) is 23.0 Å². The number of aromatic nitrogens is 1. The maximum absolute atomic E-state index is 9.56. The quantitative estimate of drug-likeness (QED) is 0.233. The van der Waals surface area contributed by atoms with Crippen LogP contribution in [0.3, 0.4) is 0 Å². The smallest absolute Gasteiger partial charge is 0.260 e. The average Bonchev–Trinajstić information content (AvgIpc) is 3.29. The van der Waals surface area contributed by atoms with Gasteiger partial charge in [0.15, 0.2) is 0 Å². The Balaban J connectivity index is 1.44. The zero-order valence-electron chi connectivity index (χ0n) is 20.1. The topological polar surface area (TPSA) is 47.2 Å². The van der Waals surface area contributed by atoms with Crippen LogP contribution in [0.2, 0.25) is 0 Å². The van der Waals surface area contributed by atoms with Crippen molar-refractivity contribution in [2.24, 2.45) is 0 Å². The normalized spacial score (nSPS) is 12.5. The van der Waals surface area contributed by atoms with Crippen molar-refractivity contribution < 1.29 is 9.47 Å². The van der Waals surface area contributed by atoms with E-state index in [4.69, 9.17) is 15.9 Å². The fraction of sp³-hybridized carbons (Fsp3) is 0. The zero-order chi connectivity index (χ0) is 25.4. The summed E-state index contributed by atoms with van der Waals surface area (Å²) in [6.45, 7) is 0.0264. The minimum Gasteiger partial charge on any atom is -0.458 e. The van der Waals surface area contributed by atoms with Crippen LogP contribution in [0.1, 0.15) is 11.1 Å². The maximum Gasteiger partial charge on any atom is 0.260 e. The summed E-state index contributed by atoms with van der Waals surface area (Å²) in [5, 5.41) is 11.5. The Hall–Kier alpha value is -5.39. The number of benzene rings is 5. The molecule has 3 heterocycles. The average molecular weight is 484 g/mol. The lowest BCUT2D eigenvalue weighted by molar-refractivity contribution is 0.464. The van der Waals surface area contributed by atoms with Gasteiger partial charge in [0, 0.05) is 33.9 Å². The third kappa shape index (κ3) is 2.76. The SMILES string of the molecule is C#Cc1ccc2c(c1)c1cc(C#N)ccc1n2-c1cc2c3c(c1)Oc1ccccc1B3c1ccccc1O2. The van der Waals surface area contributed by atoms with E-state index in [1.807, 2.05) is 60.7 Å². The molecule has 0 radical (unpaired) electrons. The van der Waals surface area contributed by atoms with Gasteiger partial charge in [0.25, 0.3) is 6.71 Å². The molecule has 4 nitrogen and oxygen atoms in total. The van der Waals surface area contributed by atoms with E-state index in [1.165, 1.54) is 0 Å². The highest BCUT2D eigenvalue weighted by Crippen LogP contribution is 2.39. The molecular formula is C33H17BN2O2. The number of terminal acetylenes is 1. The van der Waals surface area contributed by atoms with Gasteiger partial charge in [-0.15, -0.1) is 6.42 Å². The van der Waals surface area contributed by atoms with Crippen molar-refractivity contribution in [3.05, 3.63) is 108 Å². The molecule has 0 spiro atoms. The molecule has 0 amide bonds. The summed E-state index contributed by atoms with van der Waals surface area (Å²) in [5.41, 5.74) is 7.57. The van der Waals surface area contributed by atoms with Crippen molar-refractivity contribution in [2.45, 2.75) is 0 Å². The minimum absolute atomic E-state index is 0.0264. The molecule has 0 unspecified atom stereocenters. The van der Waals surface area contributed by atoms with Gasteiger partial charge in [-0.05, 0) is 59.5 Å². The van der Waals surface area contributed by atoms with Crippen LogP contribution in [0, 0.1) is 23.7 Å². The number of nitriles is 1. The Kier molecular flexibility index (Phi) is 4.13. The Bertz CT molecular complexity index is 1930. The monoisotopic (exact) mass is 484 g/mol. The summed E-state index contributed by atoms with van der Waals surface area (Å²) in [4.78, 5) is 0. The number of hydrogen-bond acceptors (Lipinski definition) is 3. The summed E-state index contributed by atoms with van der Waals surface area (Å²) in [7, 11) is 0. The number of ether oxygens (including phenoxy) is 2. The van der Waals surface area contributed by atoms with Gasteiger partial charge in [0.2, 0.25) is 0 Å². The molecule has 2 aliphatic rings. The zero-order valence-corrected chi connectivity index (χ0v) is 20.1. The molecule has 0 saturated carbocycles. The van der Waals surface area contributed by atoms with Crippen LogP contribution in [-0.2, 0) is 0 Å². The second-order valence-electron chi connectivity index (χ2n) is 9.62. The molecule has 6 aromatic rings. The van der Waals surface area contributed by atoms with Crippen molar-refractivity contribution >= 4 is 44.9 Å². The molecular weight excluding hydrogens is 467 g/mol. The van der Waals surface area contributed by atoms with Gasteiger partial charge in [-0.25, -0.2) is 0 Å². The molecule has 0 atom stereocenters. The van der Waals surface area contributed by atoms with Gasteiger partial charge in [0.1, 0.15) is 23.0 Å². The van der Waals surface area contributed by atoms with Crippen molar-refractivity contribution in [1.82, 2.24) is 4.57 Å². The first-order valence-electron chi connectivity index (χ1n) is 12.4. The molecule has 0 saturated heterocycles. The molecule has 5 aromatic carbocycles. The lowest BCUT2D eigenvalue weighted by atomic mass is 9.35. The Morgan fingerprint density at radius 3 is 1.79 bits per heavy atom. The van der Waals surface area contributed by atoms with Crippen LogP contribution >= 0.6 is 0 Å². The fourth-order valence-corrected chi connectivity index (χ4v) is 5.97. The second-order valence-corrected chi connectivity index (χ2v) is 9.62. The Morgan fingerprint density at radius 1 is 0.658 bits per heavy atom. The Labute approximate surface area is 219 Å². The van der Waals surface area contributed by atoms with Crippen LogP contribution in [0.25, 0.3) is 27.5 Å². The number of fused-ring (bicyclic) bond motifs is 7. The number of para-hydroxylation sites is 2. The fourth-order valence-electron chi connectivity index (χ4n) is 5.97. The molecule has 0 fully saturated rings. The van der Waals surface area contributed by atoms with E-state index in [0.717, 1.165) is 72.4 Å². The maximum atomic E-state index is 9.56. The first kappa shape index (κ1) is 20.8. The largest absolute Gasteiger partial charge is 0.458 e. The molecule has 5 heteroatoms. The third-order valence-corrected chi connectivity index (χ3v) is 7.60. The summed E-state index contributed by atoms with van der Waals surface area (Å²) in [6, 6.07) is 34.6. The molecule has 38 heavy (non-hydrogen) atoms. The van der Waals surface area contributed by atoms with Crippen molar-refractivity contribution in [1.29, 1.82) is 5.26 Å². The van der Waals surface area contributed by atoms with Crippen molar-refractivity contribution in [2.75, 3.05) is 0 Å². The van der Waals surface area contributed by atoms with Crippen molar-refractivity contribution in [3.63, 3.8) is 0 Å². The third-order valence-electron chi connectivity index (χ3n) is 7.60. The molecule has 174 valence electrons. The Morgan fingerprint density at radius 2 is 1.21 bits per heavy atom. The summed E-state index contributed by atoms with van der Waals surface area (Å²) < 4.78 is 15.2. The van der Waals surface area contributed by atoms with Crippen LogP contribution in [0.15, 0.2) is 97.1 Å². The van der Waals surface area contributed by atoms with Gasteiger partial charge in [-0.3, -0.25) is 0 Å². The highest BCUT2D eigenvalue weighted by atomic mass is 16.5. The number of hydrogen-bond donors (Lipinski definition) is 0. The van der Waals surface area contributed by atoms with E-state index < -0.39 is 0 Å². The highest BCUT2D eigenvalue weighted by molar-refractivity contribution is 6.98. The van der Waals surface area contributed by atoms with Crippen LogP contribution in [-0.4, -0.2) is 11.3 Å². The van der Waals surface area contributed by atoms with E-state index >= 15 is 0 Å². The van der Waals surface area contributed by atoms with Gasteiger partial charge >= 0.3 is 0 Å². The van der Waals surface area contributed by atoms with Crippen LogP contribution in [0.4, 0.5) is 0 Å². The first-order valence-corrected chi connectivity index (χ1v) is 12.4. The van der Waals surface area contributed by atoms with E-state index in [2.05, 4.69) is 53.0 Å². The lowest BCUT2D eigenvalue weighted by Gasteiger charge is -2.33. The van der Waals surface area contributed by atoms with Gasteiger partial charge in [-0.1, -0.05) is 42.3 Å². The van der Waals surface area contributed by atoms with Gasteiger partial charge in [-0.2, -0.15) is 5.26 Å². The minimum atomic E-state index is 0.0264. The molecule has 0 bridgehead atoms. The standard InChI is InChI=1S/C33H17BN2O2/c1-2-20-11-13-27-23(15-20)24-16-21(19-35)12-14-28(24)36(27)22-17-31-33-32(18-22)38-30-10-6-4-8-26(30)34(33)25-7-3-5-9-29(25)37-31/h1,3-18H. The molecule has 0 N–H and O–H groups in total. The predicted molar refractivity (Wildman–Crippen MR) is 151 cm³/mol. The number of nitrogens with zero attached hydrogens (tertiary/aromatic N) is 2. The summed E-state index contributed by atoms with van der Waals surface area (Å²) in [5.74, 6) is 5.99. The van der Waals surface area contributed by atoms with Crippen LogP contribution < -0.4 is 25.9 Å². The van der Waals surface area contributed by atoms with E-state index in [1.54, 1.807) is 0 Å². The van der Waals surface area contributed by atoms with E-state index in [-0.39, 0.29) is 6.71 Å². The molecule has 1 aromatic heterocycles. The second kappa shape index (κ2) is 7.56. The summed E-state index contributed by atoms with van der Waals surface area (Å²) in [6.07, 6.45) is 5.73. The molecule has 8 rings (SSSR count). The lowest BCUT2D eigenvalue weighted by Crippen LogP contribution is -2.57. The van der Waals surface area contributed by atoms with Gasteiger partial charge < -0.3 is 14.0 Å². The molecule has 0 aliphatic carbocycles. The summed E-state index contributed by atoms with van der Waals surface area (Å²) >= 11 is 0. The van der Waals surface area contributed by atoms with Gasteiger partial charge in [0.05, 0.1) is 28.4 Å². The van der Waals surface area contributed by atoms with E-state index in [0.29, 0.717) is 5.56 Å². The predicted octanol–water partition coefficient (Wildman–Crippen LogP) is 5.36. The first-order chi connectivity index (χ1) is 18.7. The van der Waals surface area contributed by atoms with Crippen molar-refractivity contribution in [3.8, 4) is 47.1 Å². The molecule has 2 aliphatic heterocycles. The number of rotatable bonds is 1.